The number of carboxylic acids is 1. The molecule has 1 N–H and O–H groups in total. The third-order valence-corrected chi connectivity index (χ3v) is 9.10. The highest BCUT2D eigenvalue weighted by Gasteiger charge is 2.49. The fourth-order valence-corrected chi connectivity index (χ4v) is 6.72. The molecule has 0 spiro atoms. The zero-order valence-corrected chi connectivity index (χ0v) is 22.1. The second-order valence-corrected chi connectivity index (χ2v) is 11.5. The zero-order chi connectivity index (χ0) is 27.8. The highest BCUT2D eigenvalue weighted by Crippen LogP contribution is 2.41. The van der Waals surface area contributed by atoms with Gasteiger partial charge in [-0.2, -0.15) is 13.2 Å². The van der Waals surface area contributed by atoms with E-state index in [1.165, 1.54) is 12.1 Å². The van der Waals surface area contributed by atoms with E-state index in [4.69, 9.17) is 4.74 Å². The van der Waals surface area contributed by atoms with Gasteiger partial charge in [-0.25, -0.2) is 4.39 Å². The molecule has 1 amide bonds. The van der Waals surface area contributed by atoms with Gasteiger partial charge < -0.3 is 19.6 Å². The molecule has 4 saturated heterocycles. The van der Waals surface area contributed by atoms with E-state index in [1.807, 2.05) is 4.90 Å². The highest BCUT2D eigenvalue weighted by molar-refractivity contribution is 5.86. The maximum atomic E-state index is 15.8. The molecule has 4 heterocycles. The summed E-state index contributed by atoms with van der Waals surface area (Å²) in [5.41, 5.74) is -1.36. The van der Waals surface area contributed by atoms with Gasteiger partial charge in [0.25, 0.3) is 5.91 Å². The van der Waals surface area contributed by atoms with Crippen LogP contribution in [0, 0.1) is 5.92 Å². The van der Waals surface area contributed by atoms with Crippen LogP contribution < -0.4 is 4.90 Å². The quantitative estimate of drug-likeness (QED) is 0.547. The summed E-state index contributed by atoms with van der Waals surface area (Å²) in [5, 5.41) is 9.32. The molecule has 39 heavy (non-hydrogen) atoms. The smallest absolute Gasteiger partial charge is 0.416 e. The van der Waals surface area contributed by atoms with Crippen LogP contribution in [0.3, 0.4) is 0 Å². The average Bonchev–Trinajstić information content (AvgIpc) is 3.35. The first-order valence-electron chi connectivity index (χ1n) is 14.0. The normalized spacial score (nSPS) is 26.8. The molecule has 0 bridgehead atoms. The Labute approximate surface area is 226 Å². The molecule has 0 aliphatic carbocycles. The number of aliphatic carboxylic acids is 1. The number of alkyl halides is 4. The molecule has 7 nitrogen and oxygen atoms in total. The van der Waals surface area contributed by atoms with E-state index >= 15 is 4.39 Å². The molecule has 0 unspecified atom stereocenters. The number of amides is 1. The largest absolute Gasteiger partial charge is 0.481 e. The Morgan fingerprint density at radius 2 is 1.62 bits per heavy atom. The number of carbonyl (C=O) groups is 2. The maximum Gasteiger partial charge on any atom is 0.416 e. The van der Waals surface area contributed by atoms with Gasteiger partial charge >= 0.3 is 12.1 Å². The Kier molecular flexibility index (Phi) is 8.10. The summed E-state index contributed by atoms with van der Waals surface area (Å²) in [4.78, 5) is 30.2. The molecule has 4 fully saturated rings. The number of hydrogen-bond acceptors (Lipinski definition) is 5. The molecule has 1 atom stereocenters. The topological polar surface area (TPSA) is 73.3 Å². The number of halogens is 4. The number of benzene rings is 1. The number of hydrogen-bond donors (Lipinski definition) is 1. The predicted octanol–water partition coefficient (Wildman–Crippen LogP) is 4.31. The number of anilines is 1. The van der Waals surface area contributed by atoms with E-state index < -0.39 is 35.2 Å². The van der Waals surface area contributed by atoms with Crippen LogP contribution in [-0.2, 0) is 20.5 Å². The third kappa shape index (κ3) is 6.04. The summed E-state index contributed by atoms with van der Waals surface area (Å²) in [6, 6.07) is 4.05. The first-order chi connectivity index (χ1) is 18.5. The lowest BCUT2D eigenvalue weighted by atomic mass is 9.86. The van der Waals surface area contributed by atoms with Crippen molar-refractivity contribution in [2.45, 2.75) is 68.8 Å². The lowest BCUT2D eigenvalue weighted by Gasteiger charge is -2.39. The van der Waals surface area contributed by atoms with E-state index in [2.05, 4.69) is 4.90 Å². The van der Waals surface area contributed by atoms with Crippen LogP contribution in [0.2, 0.25) is 0 Å². The number of carboxylic acid groups (broad SMARTS) is 1. The van der Waals surface area contributed by atoms with Crippen LogP contribution in [-0.4, -0.2) is 91.0 Å². The van der Waals surface area contributed by atoms with Crippen LogP contribution in [0.4, 0.5) is 23.2 Å². The lowest BCUT2D eigenvalue weighted by molar-refractivity contribution is -0.144. The van der Waals surface area contributed by atoms with Gasteiger partial charge in [-0.1, -0.05) is 6.07 Å². The minimum atomic E-state index is -4.49. The van der Waals surface area contributed by atoms with E-state index in [9.17, 15) is 27.9 Å². The fourth-order valence-electron chi connectivity index (χ4n) is 6.72. The first kappa shape index (κ1) is 28.1. The minimum Gasteiger partial charge on any atom is -0.481 e. The summed E-state index contributed by atoms with van der Waals surface area (Å²) in [5.74, 6) is -1.91. The van der Waals surface area contributed by atoms with Crippen LogP contribution in [0.25, 0.3) is 0 Å². The molecule has 1 aromatic carbocycles. The number of piperidine rings is 2. The highest BCUT2D eigenvalue weighted by atomic mass is 19.4. The van der Waals surface area contributed by atoms with Crippen molar-refractivity contribution in [1.82, 2.24) is 9.80 Å². The Morgan fingerprint density at radius 3 is 2.23 bits per heavy atom. The van der Waals surface area contributed by atoms with E-state index in [0.29, 0.717) is 77.3 Å². The number of carbonyl (C=O) groups excluding carboxylic acids is 1. The third-order valence-electron chi connectivity index (χ3n) is 9.10. The number of nitrogens with zero attached hydrogens (tertiary/aromatic N) is 3. The molecule has 216 valence electrons. The Balaban J connectivity index is 1.25. The molecule has 4 aliphatic heterocycles. The second-order valence-electron chi connectivity index (χ2n) is 11.5. The first-order valence-corrected chi connectivity index (χ1v) is 14.0. The molecule has 1 aromatic rings. The van der Waals surface area contributed by atoms with Crippen LogP contribution in [0.15, 0.2) is 18.2 Å². The van der Waals surface area contributed by atoms with Crippen LogP contribution in [0.1, 0.15) is 62.0 Å². The molecule has 5 rings (SSSR count). The Hall–Kier alpha value is -2.40. The van der Waals surface area contributed by atoms with E-state index in [0.717, 1.165) is 24.5 Å². The lowest BCUT2D eigenvalue weighted by Crippen LogP contribution is -2.51. The summed E-state index contributed by atoms with van der Waals surface area (Å²) in [7, 11) is 0. The van der Waals surface area contributed by atoms with Crippen molar-refractivity contribution in [2.24, 2.45) is 5.92 Å². The number of rotatable bonds is 5. The van der Waals surface area contributed by atoms with Crippen molar-refractivity contribution < 1.29 is 37.0 Å². The van der Waals surface area contributed by atoms with Crippen molar-refractivity contribution in [3.8, 4) is 0 Å². The van der Waals surface area contributed by atoms with Crippen molar-refractivity contribution in [3.63, 3.8) is 0 Å². The van der Waals surface area contributed by atoms with Gasteiger partial charge in [-0.15, -0.1) is 0 Å². The summed E-state index contributed by atoms with van der Waals surface area (Å²) in [6.45, 7) is 3.43. The SMILES string of the molecule is O=C(O)C1CCN(c2cc(C(F)(F)F)ccc2C2CCN(C(=O)[C@@]3(F)CCN(C4CCOCC4)C3)CC2)CC1. The molecular formula is C28H37F4N3O4. The van der Waals surface area contributed by atoms with Crippen LogP contribution in [0.5, 0.6) is 0 Å². The Morgan fingerprint density at radius 1 is 0.949 bits per heavy atom. The number of likely N-dealkylation sites (tertiary alicyclic amines) is 2. The predicted molar refractivity (Wildman–Crippen MR) is 136 cm³/mol. The Bertz CT molecular complexity index is 1050. The van der Waals surface area contributed by atoms with E-state index in [1.54, 1.807) is 4.90 Å². The molecule has 0 saturated carbocycles. The van der Waals surface area contributed by atoms with Gasteiger partial charge in [-0.3, -0.25) is 14.5 Å². The van der Waals surface area contributed by atoms with Crippen molar-refractivity contribution in [3.05, 3.63) is 29.3 Å². The van der Waals surface area contributed by atoms with E-state index in [-0.39, 0.29) is 24.9 Å². The second kappa shape index (κ2) is 11.2. The molecule has 0 radical (unpaired) electrons. The van der Waals surface area contributed by atoms with Crippen LogP contribution >= 0.6 is 0 Å². The summed E-state index contributed by atoms with van der Waals surface area (Å²) < 4.78 is 61.9. The van der Waals surface area contributed by atoms with Gasteiger partial charge in [0.05, 0.1) is 11.5 Å². The van der Waals surface area contributed by atoms with Gasteiger partial charge in [0.15, 0.2) is 0 Å². The molecule has 11 heteroatoms. The van der Waals surface area contributed by atoms with Crippen molar-refractivity contribution in [2.75, 3.05) is 57.4 Å². The molecule has 0 aromatic heterocycles. The average molecular weight is 556 g/mol. The molecule has 4 aliphatic rings. The van der Waals surface area contributed by atoms with Gasteiger partial charge in [0, 0.05) is 70.6 Å². The van der Waals surface area contributed by atoms with Gasteiger partial charge in [0.2, 0.25) is 5.67 Å². The van der Waals surface area contributed by atoms with Crippen molar-refractivity contribution >= 4 is 17.6 Å². The maximum absolute atomic E-state index is 15.8. The standard InChI is InChI=1S/C28H37F4N3O4/c29-27(9-14-35(18-27)22-7-15-39-16-8-22)26(38)34-12-3-19(4-13-34)23-2-1-21(28(30,31)32)17-24(23)33-10-5-20(6-11-33)25(36)37/h1-2,17,19-20,22H,3-16,18H2,(H,36,37)/t27-/m1/s1. The zero-order valence-electron chi connectivity index (χ0n) is 22.1. The number of ether oxygens (including phenoxy) is 1. The summed E-state index contributed by atoms with van der Waals surface area (Å²) >= 11 is 0. The molecular weight excluding hydrogens is 518 g/mol. The van der Waals surface area contributed by atoms with Gasteiger partial charge in [0.1, 0.15) is 0 Å². The minimum absolute atomic E-state index is 0.0681. The monoisotopic (exact) mass is 555 g/mol. The fraction of sp³-hybridized carbons (Fsp3) is 0.714. The van der Waals surface area contributed by atoms with Gasteiger partial charge in [-0.05, 0) is 62.1 Å². The summed E-state index contributed by atoms with van der Waals surface area (Å²) in [6.07, 6.45) is -0.789. The van der Waals surface area contributed by atoms with Crippen molar-refractivity contribution in [1.29, 1.82) is 0 Å².